The lowest BCUT2D eigenvalue weighted by atomic mass is 10.0. The Morgan fingerprint density at radius 3 is 1.56 bits per heavy atom. The third-order valence-corrected chi connectivity index (χ3v) is 6.88. The van der Waals surface area contributed by atoms with E-state index in [0.717, 1.165) is 12.8 Å². The van der Waals surface area contributed by atoms with E-state index in [1.807, 2.05) is 21.1 Å². The number of hydrogen-bond acceptors (Lipinski definition) is 5. The van der Waals surface area contributed by atoms with Crippen LogP contribution in [0.4, 0.5) is 0 Å². The average molecular weight is 511 g/mol. The molecule has 0 aliphatic rings. The fraction of sp³-hybridized carbons (Fsp3) is 1.00. The second-order valence-corrected chi connectivity index (χ2v) is 12.1. The summed E-state index contributed by atoms with van der Waals surface area (Å²) >= 11 is 0. The van der Waals surface area contributed by atoms with Gasteiger partial charge in [0.1, 0.15) is 19.3 Å². The number of phosphoric ester groups is 1. The maximum Gasteiger partial charge on any atom is 0.472 e. The highest BCUT2D eigenvalue weighted by atomic mass is 31.2. The molecule has 8 heteroatoms. The van der Waals surface area contributed by atoms with Crippen molar-refractivity contribution < 1.29 is 32.8 Å². The molecule has 0 aliphatic carbocycles. The Morgan fingerprint density at radius 2 is 1.12 bits per heavy atom. The van der Waals surface area contributed by atoms with Gasteiger partial charge in [0.25, 0.3) is 0 Å². The zero-order chi connectivity index (χ0) is 25.5. The second-order valence-electron chi connectivity index (χ2n) is 10.6. The quantitative estimate of drug-likeness (QED) is 0.0788. The molecule has 2 N–H and O–H groups in total. The molecule has 0 heterocycles. The van der Waals surface area contributed by atoms with Gasteiger partial charge in [-0.15, -0.1) is 0 Å². The van der Waals surface area contributed by atoms with Crippen molar-refractivity contribution in [3.05, 3.63) is 0 Å². The molecule has 206 valence electrons. The van der Waals surface area contributed by atoms with Crippen LogP contribution < -0.4 is 0 Å². The van der Waals surface area contributed by atoms with E-state index in [1.54, 1.807) is 0 Å². The van der Waals surface area contributed by atoms with Crippen LogP contribution in [0.3, 0.4) is 0 Å². The summed E-state index contributed by atoms with van der Waals surface area (Å²) in [4.78, 5) is 9.64. The molecule has 0 aliphatic heterocycles. The van der Waals surface area contributed by atoms with Gasteiger partial charge in [-0.3, -0.25) is 9.05 Å². The van der Waals surface area contributed by atoms with E-state index in [0.29, 0.717) is 17.6 Å². The summed E-state index contributed by atoms with van der Waals surface area (Å²) in [5.41, 5.74) is 0. The number of phosphoric acid groups is 1. The predicted octanol–water partition coefficient (Wildman–Crippen LogP) is 6.47. The highest BCUT2D eigenvalue weighted by Crippen LogP contribution is 2.43. The van der Waals surface area contributed by atoms with Gasteiger partial charge >= 0.3 is 7.82 Å². The first-order valence-corrected chi connectivity index (χ1v) is 15.3. The number of aliphatic hydroxyl groups is 1. The number of hydrogen-bond donors (Lipinski definition) is 2. The van der Waals surface area contributed by atoms with E-state index in [-0.39, 0.29) is 19.8 Å². The van der Waals surface area contributed by atoms with Gasteiger partial charge < -0.3 is 19.2 Å². The highest BCUT2D eigenvalue weighted by molar-refractivity contribution is 7.47. The fourth-order valence-corrected chi connectivity index (χ4v) is 4.41. The molecule has 0 aromatic heterocycles. The zero-order valence-electron chi connectivity index (χ0n) is 22.8. The third kappa shape index (κ3) is 26.6. The number of rotatable bonds is 26. The van der Waals surface area contributed by atoms with Crippen LogP contribution in [0.25, 0.3) is 0 Å². The van der Waals surface area contributed by atoms with Crippen LogP contribution in [-0.4, -0.2) is 74.7 Å². The van der Waals surface area contributed by atoms with Crippen LogP contribution in [0.2, 0.25) is 0 Å². The molecule has 0 bridgehead atoms. The van der Waals surface area contributed by atoms with E-state index in [1.165, 1.54) is 89.9 Å². The van der Waals surface area contributed by atoms with Crippen LogP contribution in [0.1, 0.15) is 110 Å². The normalized spacial score (nSPS) is 14.9. The Balaban J connectivity index is 3.37. The van der Waals surface area contributed by atoms with Crippen molar-refractivity contribution in [1.82, 2.24) is 0 Å². The molecule has 0 unspecified atom stereocenters. The lowest BCUT2D eigenvalue weighted by Crippen LogP contribution is -2.37. The van der Waals surface area contributed by atoms with Gasteiger partial charge in [0.2, 0.25) is 0 Å². The van der Waals surface area contributed by atoms with Crippen molar-refractivity contribution in [2.24, 2.45) is 0 Å². The summed E-state index contributed by atoms with van der Waals surface area (Å²) < 4.78 is 27.6. The summed E-state index contributed by atoms with van der Waals surface area (Å²) in [5, 5.41) is 9.86. The topological polar surface area (TPSA) is 85.2 Å². The lowest BCUT2D eigenvalue weighted by Gasteiger charge is -2.24. The minimum Gasteiger partial charge on any atom is -0.388 e. The Bertz CT molecular complexity index is 486. The molecule has 0 saturated heterocycles. The Hall–Kier alpha value is -0.0100. The molecule has 0 saturated carbocycles. The molecule has 2 atom stereocenters. The Labute approximate surface area is 210 Å². The monoisotopic (exact) mass is 510 g/mol. The molecular formula is C26H57NO6P+. The van der Waals surface area contributed by atoms with Gasteiger partial charge in [0.15, 0.2) is 0 Å². The molecule has 0 rings (SSSR count). The van der Waals surface area contributed by atoms with Crippen LogP contribution in [-0.2, 0) is 18.3 Å². The number of ether oxygens (including phenoxy) is 1. The van der Waals surface area contributed by atoms with Crippen LogP contribution in [0, 0.1) is 0 Å². The average Bonchev–Trinajstić information content (AvgIpc) is 2.76. The summed E-state index contributed by atoms with van der Waals surface area (Å²) in [6.45, 7) is 3.37. The maximum absolute atomic E-state index is 11.8. The summed E-state index contributed by atoms with van der Waals surface area (Å²) in [7, 11) is 1.76. The molecule has 0 fully saturated rings. The first-order valence-electron chi connectivity index (χ1n) is 13.8. The van der Waals surface area contributed by atoms with E-state index < -0.39 is 13.9 Å². The van der Waals surface area contributed by atoms with Crippen molar-refractivity contribution in [1.29, 1.82) is 0 Å². The van der Waals surface area contributed by atoms with E-state index in [4.69, 9.17) is 13.8 Å². The number of quaternary nitrogens is 1. The number of unbranched alkanes of at least 4 members (excludes halogenated alkanes) is 15. The highest BCUT2D eigenvalue weighted by Gasteiger charge is 2.24. The first-order chi connectivity index (χ1) is 16.2. The lowest BCUT2D eigenvalue weighted by molar-refractivity contribution is -0.870. The minimum absolute atomic E-state index is 0.0949. The van der Waals surface area contributed by atoms with Crippen molar-refractivity contribution in [3.8, 4) is 0 Å². The van der Waals surface area contributed by atoms with Crippen molar-refractivity contribution >= 4 is 7.82 Å². The van der Waals surface area contributed by atoms with Gasteiger partial charge in [0, 0.05) is 6.61 Å². The summed E-state index contributed by atoms with van der Waals surface area (Å²) in [6, 6.07) is 0. The minimum atomic E-state index is -4.14. The Kier molecular flexibility index (Phi) is 22.2. The number of aliphatic hydroxyl groups excluding tert-OH is 1. The standard InChI is InChI=1S/C26H56NO6P/c1-5-6-7-8-9-10-11-12-13-14-15-16-17-18-19-20-22-31-24-26(28)25-33-34(29,30)32-23-21-27(2,3)4/h26,28H,5-25H2,1-4H3/p+1/t26-/m1/s1. The molecule has 0 spiro atoms. The zero-order valence-corrected chi connectivity index (χ0v) is 23.7. The van der Waals surface area contributed by atoms with Crippen molar-refractivity contribution in [2.45, 2.75) is 116 Å². The van der Waals surface area contributed by atoms with Gasteiger partial charge in [-0.05, 0) is 6.42 Å². The molecular weight excluding hydrogens is 453 g/mol. The van der Waals surface area contributed by atoms with Gasteiger partial charge in [-0.1, -0.05) is 103 Å². The van der Waals surface area contributed by atoms with Crippen LogP contribution in [0.15, 0.2) is 0 Å². The van der Waals surface area contributed by atoms with Gasteiger partial charge in [-0.2, -0.15) is 0 Å². The first kappa shape index (κ1) is 34.0. The van der Waals surface area contributed by atoms with Crippen LogP contribution >= 0.6 is 7.82 Å². The second kappa shape index (κ2) is 22.2. The largest absolute Gasteiger partial charge is 0.472 e. The fourth-order valence-electron chi connectivity index (χ4n) is 3.67. The molecule has 0 radical (unpaired) electrons. The third-order valence-electron chi connectivity index (χ3n) is 5.90. The smallest absolute Gasteiger partial charge is 0.388 e. The number of likely N-dealkylation sites (N-methyl/N-ethyl adjacent to an activating group) is 1. The molecule has 0 amide bonds. The molecule has 7 nitrogen and oxygen atoms in total. The summed E-state index contributed by atoms with van der Waals surface area (Å²) in [5.74, 6) is 0. The number of nitrogens with zero attached hydrogens (tertiary/aromatic N) is 1. The van der Waals surface area contributed by atoms with Crippen LogP contribution in [0.5, 0.6) is 0 Å². The van der Waals surface area contributed by atoms with E-state index in [2.05, 4.69) is 6.92 Å². The van der Waals surface area contributed by atoms with Gasteiger partial charge in [-0.25, -0.2) is 4.57 Å². The molecule has 34 heavy (non-hydrogen) atoms. The summed E-state index contributed by atoms with van der Waals surface area (Å²) in [6.07, 6.45) is 20.4. The maximum atomic E-state index is 11.8. The van der Waals surface area contributed by atoms with Crippen molar-refractivity contribution in [3.63, 3.8) is 0 Å². The van der Waals surface area contributed by atoms with E-state index >= 15 is 0 Å². The SMILES string of the molecule is CCCCCCCCCCCCCCCCCCOC[C@@H](O)CO[P@](=O)(O)OCC[N+](C)(C)C. The Morgan fingerprint density at radius 1 is 0.676 bits per heavy atom. The predicted molar refractivity (Wildman–Crippen MR) is 141 cm³/mol. The van der Waals surface area contributed by atoms with Crippen molar-refractivity contribution in [2.75, 3.05) is 54.1 Å². The molecule has 0 aromatic carbocycles. The molecule has 0 aromatic rings. The van der Waals surface area contributed by atoms with Gasteiger partial charge in [0.05, 0.1) is 34.4 Å². The van der Waals surface area contributed by atoms with E-state index in [9.17, 15) is 14.6 Å².